The van der Waals surface area contributed by atoms with E-state index < -0.39 is 11.4 Å². The van der Waals surface area contributed by atoms with E-state index in [0.29, 0.717) is 12.8 Å². The summed E-state index contributed by atoms with van der Waals surface area (Å²) in [5, 5.41) is 18.9. The molecule has 0 bridgehead atoms. The number of phenols is 1. The molecule has 1 fully saturated rings. The Kier molecular flexibility index (Phi) is 2.41. The molecule has 2 rings (SSSR count). The van der Waals surface area contributed by atoms with E-state index in [1.54, 1.807) is 13.0 Å². The number of hydrogen-bond donors (Lipinski definition) is 2. The van der Waals surface area contributed by atoms with Crippen molar-refractivity contribution >= 4 is 5.97 Å². The molecule has 1 saturated carbocycles. The van der Waals surface area contributed by atoms with Gasteiger partial charge in [0.2, 0.25) is 0 Å². The minimum absolute atomic E-state index is 0.237. The van der Waals surface area contributed by atoms with Crippen LogP contribution in [0.2, 0.25) is 0 Å². The molecule has 1 aromatic carbocycles. The maximum atomic E-state index is 11.4. The topological polar surface area (TPSA) is 57.5 Å². The van der Waals surface area contributed by atoms with E-state index in [9.17, 15) is 15.0 Å². The fraction of sp³-hybridized carbons (Fsp3) is 0.462. The van der Waals surface area contributed by atoms with E-state index >= 15 is 0 Å². The molecule has 0 heterocycles. The van der Waals surface area contributed by atoms with Gasteiger partial charge in [-0.25, -0.2) is 0 Å². The molecule has 16 heavy (non-hydrogen) atoms. The standard InChI is InChI=1S/C13H16O3/c1-8-7-11(14)9(2)6-10(8)13(12(15)16)4-3-5-13/h6-7,14H,3-5H2,1-2H3,(H,15,16). The third-order valence-electron chi connectivity index (χ3n) is 3.67. The van der Waals surface area contributed by atoms with Gasteiger partial charge in [-0.05, 0) is 49.4 Å². The fourth-order valence-electron chi connectivity index (χ4n) is 2.45. The highest BCUT2D eigenvalue weighted by Gasteiger charge is 2.46. The highest BCUT2D eigenvalue weighted by molar-refractivity contribution is 5.83. The van der Waals surface area contributed by atoms with Crippen LogP contribution in [0.15, 0.2) is 12.1 Å². The van der Waals surface area contributed by atoms with Crippen LogP contribution in [0.25, 0.3) is 0 Å². The molecule has 0 aromatic heterocycles. The van der Waals surface area contributed by atoms with Crippen LogP contribution in [0.1, 0.15) is 36.0 Å². The maximum absolute atomic E-state index is 11.4. The van der Waals surface area contributed by atoms with E-state index in [1.807, 2.05) is 13.0 Å². The van der Waals surface area contributed by atoms with Crippen LogP contribution < -0.4 is 0 Å². The van der Waals surface area contributed by atoms with Gasteiger partial charge in [-0.3, -0.25) is 4.79 Å². The SMILES string of the molecule is Cc1cc(C2(C(=O)O)CCC2)c(C)cc1O. The van der Waals surface area contributed by atoms with Gasteiger partial charge < -0.3 is 10.2 Å². The minimum Gasteiger partial charge on any atom is -0.508 e. The molecule has 0 spiro atoms. The number of phenolic OH excluding ortho intramolecular Hbond substituents is 1. The maximum Gasteiger partial charge on any atom is 0.314 e. The first kappa shape index (κ1) is 11.0. The molecular formula is C13H16O3. The predicted molar refractivity (Wildman–Crippen MR) is 60.7 cm³/mol. The van der Waals surface area contributed by atoms with E-state index in [0.717, 1.165) is 23.1 Å². The Morgan fingerprint density at radius 2 is 1.88 bits per heavy atom. The molecule has 3 heteroatoms. The number of rotatable bonds is 2. The predicted octanol–water partition coefficient (Wildman–Crippen LogP) is 2.52. The quantitative estimate of drug-likeness (QED) is 0.805. The molecule has 0 atom stereocenters. The van der Waals surface area contributed by atoms with Crippen molar-refractivity contribution in [1.82, 2.24) is 0 Å². The summed E-state index contributed by atoms with van der Waals surface area (Å²) in [4.78, 5) is 11.4. The second kappa shape index (κ2) is 3.51. The van der Waals surface area contributed by atoms with Gasteiger partial charge >= 0.3 is 5.97 Å². The average molecular weight is 220 g/mol. The molecular weight excluding hydrogens is 204 g/mol. The first-order valence-electron chi connectivity index (χ1n) is 5.51. The van der Waals surface area contributed by atoms with Crippen LogP contribution in [0.4, 0.5) is 0 Å². The van der Waals surface area contributed by atoms with Gasteiger partial charge in [0.15, 0.2) is 0 Å². The molecule has 86 valence electrons. The molecule has 0 radical (unpaired) electrons. The zero-order chi connectivity index (χ0) is 11.9. The van der Waals surface area contributed by atoms with Crippen LogP contribution in [-0.4, -0.2) is 16.2 Å². The van der Waals surface area contributed by atoms with Gasteiger partial charge in [-0.2, -0.15) is 0 Å². The third kappa shape index (κ3) is 1.39. The Labute approximate surface area is 94.7 Å². The van der Waals surface area contributed by atoms with E-state index in [4.69, 9.17) is 0 Å². The number of hydrogen-bond acceptors (Lipinski definition) is 2. The van der Waals surface area contributed by atoms with Gasteiger partial charge in [-0.15, -0.1) is 0 Å². The normalized spacial score (nSPS) is 17.9. The number of carbonyl (C=O) groups is 1. The fourth-order valence-corrected chi connectivity index (χ4v) is 2.45. The second-order valence-electron chi connectivity index (χ2n) is 4.69. The lowest BCUT2D eigenvalue weighted by atomic mass is 9.63. The molecule has 0 saturated heterocycles. The van der Waals surface area contributed by atoms with Crippen molar-refractivity contribution in [2.24, 2.45) is 0 Å². The monoisotopic (exact) mass is 220 g/mol. The van der Waals surface area contributed by atoms with Crippen LogP contribution in [0, 0.1) is 13.8 Å². The highest BCUT2D eigenvalue weighted by Crippen LogP contribution is 2.46. The number of carboxylic acid groups (broad SMARTS) is 1. The molecule has 2 N–H and O–H groups in total. The molecule has 1 aromatic rings. The van der Waals surface area contributed by atoms with Crippen molar-refractivity contribution in [3.8, 4) is 5.75 Å². The molecule has 3 nitrogen and oxygen atoms in total. The zero-order valence-corrected chi connectivity index (χ0v) is 9.58. The molecule has 0 aliphatic heterocycles. The van der Waals surface area contributed by atoms with Crippen LogP contribution in [-0.2, 0) is 10.2 Å². The minimum atomic E-state index is -0.744. The van der Waals surface area contributed by atoms with Gasteiger partial charge in [-0.1, -0.05) is 12.5 Å². The Balaban J connectivity index is 2.55. The molecule has 0 unspecified atom stereocenters. The number of carboxylic acids is 1. The average Bonchev–Trinajstić information content (AvgIpc) is 2.11. The van der Waals surface area contributed by atoms with Crippen molar-refractivity contribution in [3.05, 3.63) is 28.8 Å². The first-order chi connectivity index (χ1) is 7.47. The van der Waals surface area contributed by atoms with Crippen LogP contribution in [0.3, 0.4) is 0 Å². The third-order valence-corrected chi connectivity index (χ3v) is 3.67. The highest BCUT2D eigenvalue weighted by atomic mass is 16.4. The lowest BCUT2D eigenvalue weighted by molar-refractivity contribution is -0.147. The van der Waals surface area contributed by atoms with E-state index in [1.165, 1.54) is 0 Å². The van der Waals surface area contributed by atoms with E-state index in [2.05, 4.69) is 0 Å². The summed E-state index contributed by atoms with van der Waals surface area (Å²) < 4.78 is 0. The number of aliphatic carboxylic acids is 1. The van der Waals surface area contributed by atoms with Crippen molar-refractivity contribution in [2.75, 3.05) is 0 Å². The van der Waals surface area contributed by atoms with Crippen molar-refractivity contribution in [1.29, 1.82) is 0 Å². The summed E-state index contributed by atoms with van der Waals surface area (Å²) in [6, 6.07) is 3.48. The van der Waals surface area contributed by atoms with Crippen molar-refractivity contribution < 1.29 is 15.0 Å². The Morgan fingerprint density at radius 3 is 2.31 bits per heavy atom. The smallest absolute Gasteiger partial charge is 0.314 e. The summed E-state index contributed by atoms with van der Waals surface area (Å²) >= 11 is 0. The summed E-state index contributed by atoms with van der Waals surface area (Å²) in [5.74, 6) is -0.506. The number of aromatic hydroxyl groups is 1. The van der Waals surface area contributed by atoms with E-state index in [-0.39, 0.29) is 5.75 Å². The molecule has 1 aliphatic carbocycles. The van der Waals surface area contributed by atoms with Crippen LogP contribution in [0.5, 0.6) is 5.75 Å². The summed E-state index contributed by atoms with van der Waals surface area (Å²) in [5.41, 5.74) is 1.77. The zero-order valence-electron chi connectivity index (χ0n) is 9.58. The van der Waals surface area contributed by atoms with Crippen LogP contribution >= 0.6 is 0 Å². The second-order valence-corrected chi connectivity index (χ2v) is 4.69. The molecule has 0 amide bonds. The van der Waals surface area contributed by atoms with Crippen molar-refractivity contribution in [2.45, 2.75) is 38.5 Å². The summed E-state index contributed by atoms with van der Waals surface area (Å²) in [6.07, 6.45) is 2.37. The summed E-state index contributed by atoms with van der Waals surface area (Å²) in [7, 11) is 0. The molecule has 1 aliphatic rings. The largest absolute Gasteiger partial charge is 0.508 e. The van der Waals surface area contributed by atoms with Gasteiger partial charge in [0, 0.05) is 0 Å². The Hall–Kier alpha value is -1.51. The number of benzene rings is 1. The van der Waals surface area contributed by atoms with Gasteiger partial charge in [0.05, 0.1) is 5.41 Å². The Bertz CT molecular complexity index is 445. The lowest BCUT2D eigenvalue weighted by Gasteiger charge is -2.39. The summed E-state index contributed by atoms with van der Waals surface area (Å²) in [6.45, 7) is 3.66. The lowest BCUT2D eigenvalue weighted by Crippen LogP contribution is -2.42. The first-order valence-corrected chi connectivity index (χ1v) is 5.51. The Morgan fingerprint density at radius 1 is 1.25 bits per heavy atom. The van der Waals surface area contributed by atoms with Gasteiger partial charge in [0.1, 0.15) is 5.75 Å². The van der Waals surface area contributed by atoms with Gasteiger partial charge in [0.25, 0.3) is 0 Å². The number of aryl methyl sites for hydroxylation is 2. The van der Waals surface area contributed by atoms with Crippen molar-refractivity contribution in [3.63, 3.8) is 0 Å².